The lowest BCUT2D eigenvalue weighted by Gasteiger charge is -2.20. The highest BCUT2D eigenvalue weighted by Gasteiger charge is 2.20. The topological polar surface area (TPSA) is 50.3 Å². The second-order valence-corrected chi connectivity index (χ2v) is 6.88. The van der Waals surface area contributed by atoms with Gasteiger partial charge in [-0.2, -0.15) is 4.31 Å². The molecule has 19 heavy (non-hydrogen) atoms. The Balaban J connectivity index is 2.72. The number of aromatic nitrogens is 1. The van der Waals surface area contributed by atoms with Crippen molar-refractivity contribution in [3.05, 3.63) is 29.6 Å². The van der Waals surface area contributed by atoms with Gasteiger partial charge in [0.2, 0.25) is 10.0 Å². The minimum Gasteiger partial charge on any atom is -0.257 e. The van der Waals surface area contributed by atoms with Crippen LogP contribution >= 0.6 is 11.6 Å². The summed E-state index contributed by atoms with van der Waals surface area (Å²) in [6.07, 6.45) is 1.32. The van der Waals surface area contributed by atoms with Crippen molar-refractivity contribution in [1.82, 2.24) is 9.29 Å². The molecule has 0 amide bonds. The number of pyridine rings is 1. The lowest BCUT2D eigenvalue weighted by molar-refractivity contribution is 0.417. The Morgan fingerprint density at radius 1 is 1.32 bits per heavy atom. The number of unbranched alkanes of at least 4 members (excludes halogenated alkanes) is 1. The van der Waals surface area contributed by atoms with E-state index in [1.807, 2.05) is 32.0 Å². The number of rotatable bonds is 8. The Morgan fingerprint density at radius 3 is 2.63 bits per heavy atom. The molecule has 0 bridgehead atoms. The second-order valence-electron chi connectivity index (χ2n) is 4.41. The molecule has 0 aliphatic rings. The third kappa shape index (κ3) is 5.47. The molecule has 1 aromatic rings. The van der Waals surface area contributed by atoms with Crippen LogP contribution in [0.2, 0.25) is 0 Å². The smallest absolute Gasteiger partial charge is 0.214 e. The summed E-state index contributed by atoms with van der Waals surface area (Å²) < 4.78 is 25.8. The zero-order chi connectivity index (χ0) is 14.3. The largest absolute Gasteiger partial charge is 0.257 e. The highest BCUT2D eigenvalue weighted by molar-refractivity contribution is 7.89. The van der Waals surface area contributed by atoms with Crippen LogP contribution < -0.4 is 0 Å². The van der Waals surface area contributed by atoms with E-state index in [4.69, 9.17) is 11.6 Å². The summed E-state index contributed by atoms with van der Waals surface area (Å²) in [7, 11) is -3.22. The van der Waals surface area contributed by atoms with E-state index in [-0.39, 0.29) is 5.75 Å². The lowest BCUT2D eigenvalue weighted by atomic mass is 10.3. The lowest BCUT2D eigenvalue weighted by Crippen LogP contribution is -2.32. The number of alkyl halides is 1. The van der Waals surface area contributed by atoms with E-state index in [0.29, 0.717) is 25.4 Å². The number of aryl methyl sites for hydroxylation is 1. The Labute approximate surface area is 120 Å². The first-order valence-corrected chi connectivity index (χ1v) is 8.60. The maximum Gasteiger partial charge on any atom is 0.214 e. The minimum atomic E-state index is -3.22. The van der Waals surface area contributed by atoms with Crippen molar-refractivity contribution in [3.63, 3.8) is 0 Å². The number of hydrogen-bond donors (Lipinski definition) is 0. The van der Waals surface area contributed by atoms with Crippen LogP contribution in [-0.2, 0) is 16.6 Å². The van der Waals surface area contributed by atoms with Gasteiger partial charge in [0.15, 0.2) is 0 Å². The molecule has 0 radical (unpaired) electrons. The van der Waals surface area contributed by atoms with Gasteiger partial charge in [-0.25, -0.2) is 8.42 Å². The number of hydrogen-bond acceptors (Lipinski definition) is 3. The van der Waals surface area contributed by atoms with E-state index in [9.17, 15) is 8.42 Å². The average Bonchev–Trinajstić information content (AvgIpc) is 2.36. The van der Waals surface area contributed by atoms with Crippen LogP contribution in [0.15, 0.2) is 18.2 Å². The quantitative estimate of drug-likeness (QED) is 0.548. The minimum absolute atomic E-state index is 0.152. The molecule has 0 fully saturated rings. The fourth-order valence-corrected chi connectivity index (χ4v) is 3.52. The molecular formula is C13H21ClN2O2S. The number of halogens is 1. The predicted octanol–water partition coefficient (Wildman–Crippen LogP) is 2.56. The van der Waals surface area contributed by atoms with Gasteiger partial charge in [-0.3, -0.25) is 4.98 Å². The highest BCUT2D eigenvalue weighted by atomic mass is 35.5. The van der Waals surface area contributed by atoms with Crippen LogP contribution in [0.4, 0.5) is 0 Å². The van der Waals surface area contributed by atoms with Gasteiger partial charge in [-0.05, 0) is 31.9 Å². The summed E-state index contributed by atoms with van der Waals surface area (Å²) in [6, 6.07) is 5.64. The van der Waals surface area contributed by atoms with Gasteiger partial charge in [-0.1, -0.05) is 13.0 Å². The van der Waals surface area contributed by atoms with Gasteiger partial charge in [0.25, 0.3) is 0 Å². The van der Waals surface area contributed by atoms with Crippen molar-refractivity contribution in [2.75, 3.05) is 18.2 Å². The molecule has 0 spiro atoms. The van der Waals surface area contributed by atoms with Crippen LogP contribution in [0.25, 0.3) is 0 Å². The fraction of sp³-hybridized carbons (Fsp3) is 0.615. The number of nitrogens with zero attached hydrogens (tertiary/aromatic N) is 2. The number of sulfonamides is 1. The van der Waals surface area contributed by atoms with Crippen molar-refractivity contribution in [2.24, 2.45) is 0 Å². The van der Waals surface area contributed by atoms with Gasteiger partial charge >= 0.3 is 0 Å². The monoisotopic (exact) mass is 304 g/mol. The van der Waals surface area contributed by atoms with E-state index in [1.54, 1.807) is 0 Å². The van der Waals surface area contributed by atoms with Gasteiger partial charge in [0, 0.05) is 18.1 Å². The molecular weight excluding hydrogens is 284 g/mol. The Kier molecular flexibility index (Phi) is 6.75. The molecule has 0 unspecified atom stereocenters. The first-order valence-electron chi connectivity index (χ1n) is 6.46. The van der Waals surface area contributed by atoms with Gasteiger partial charge < -0.3 is 0 Å². The van der Waals surface area contributed by atoms with E-state index >= 15 is 0 Å². The summed E-state index contributed by atoms with van der Waals surface area (Å²) >= 11 is 5.57. The van der Waals surface area contributed by atoms with Crippen molar-refractivity contribution in [2.45, 2.75) is 33.2 Å². The Hall–Kier alpha value is -0.650. The molecule has 1 heterocycles. The summed E-state index contributed by atoms with van der Waals surface area (Å²) in [5.74, 6) is 0.653. The van der Waals surface area contributed by atoms with Crippen molar-refractivity contribution >= 4 is 21.6 Å². The molecule has 0 saturated carbocycles. The summed E-state index contributed by atoms with van der Waals surface area (Å²) in [5, 5.41) is 0. The molecule has 0 aliphatic heterocycles. The predicted molar refractivity (Wildman–Crippen MR) is 78.8 cm³/mol. The SMILES string of the molecule is CCN(Cc1cccc(C)n1)S(=O)(=O)CCCCCl. The molecule has 0 aliphatic carbocycles. The van der Waals surface area contributed by atoms with Gasteiger partial charge in [-0.15, -0.1) is 11.6 Å². The van der Waals surface area contributed by atoms with E-state index < -0.39 is 10.0 Å². The zero-order valence-corrected chi connectivity index (χ0v) is 13.0. The molecule has 1 aromatic heterocycles. The van der Waals surface area contributed by atoms with Gasteiger partial charge in [0.05, 0.1) is 18.0 Å². The molecule has 1 rings (SSSR count). The summed E-state index contributed by atoms with van der Waals surface area (Å²) in [5.41, 5.74) is 1.68. The zero-order valence-electron chi connectivity index (χ0n) is 11.5. The summed E-state index contributed by atoms with van der Waals surface area (Å²) in [4.78, 5) is 4.34. The molecule has 0 atom stereocenters. The van der Waals surface area contributed by atoms with E-state index in [1.165, 1.54) is 4.31 Å². The van der Waals surface area contributed by atoms with E-state index in [0.717, 1.165) is 17.8 Å². The van der Waals surface area contributed by atoms with Crippen LogP contribution in [0.1, 0.15) is 31.2 Å². The first kappa shape index (κ1) is 16.4. The first-order chi connectivity index (χ1) is 8.99. The molecule has 0 saturated heterocycles. The summed E-state index contributed by atoms with van der Waals surface area (Å²) in [6.45, 7) is 4.53. The van der Waals surface area contributed by atoms with Crippen LogP contribution in [0, 0.1) is 6.92 Å². The van der Waals surface area contributed by atoms with Crippen molar-refractivity contribution in [1.29, 1.82) is 0 Å². The molecule has 108 valence electrons. The molecule has 0 N–H and O–H groups in total. The fourth-order valence-electron chi connectivity index (χ4n) is 1.78. The van der Waals surface area contributed by atoms with Crippen molar-refractivity contribution in [3.8, 4) is 0 Å². The third-order valence-corrected chi connectivity index (χ3v) is 5.06. The van der Waals surface area contributed by atoms with Gasteiger partial charge in [0.1, 0.15) is 0 Å². The molecule has 4 nitrogen and oxygen atoms in total. The standard InChI is InChI=1S/C13H21ClN2O2S/c1-3-16(19(17,18)10-5-4-9-14)11-13-8-6-7-12(2)15-13/h6-8H,3-5,9-11H2,1-2H3. The van der Waals surface area contributed by atoms with Crippen LogP contribution in [0.3, 0.4) is 0 Å². The normalized spacial score (nSPS) is 12.0. The Bertz CT molecular complexity index is 491. The molecule has 0 aromatic carbocycles. The van der Waals surface area contributed by atoms with E-state index in [2.05, 4.69) is 4.98 Å². The maximum absolute atomic E-state index is 12.2. The Morgan fingerprint density at radius 2 is 2.05 bits per heavy atom. The van der Waals surface area contributed by atoms with Crippen LogP contribution in [0.5, 0.6) is 0 Å². The van der Waals surface area contributed by atoms with Crippen LogP contribution in [-0.4, -0.2) is 35.9 Å². The maximum atomic E-state index is 12.2. The third-order valence-electron chi connectivity index (χ3n) is 2.82. The second kappa shape index (κ2) is 7.82. The highest BCUT2D eigenvalue weighted by Crippen LogP contribution is 2.10. The average molecular weight is 305 g/mol. The van der Waals surface area contributed by atoms with Crippen molar-refractivity contribution < 1.29 is 8.42 Å². The molecule has 6 heteroatoms.